The van der Waals surface area contributed by atoms with E-state index in [-0.39, 0.29) is 29.4 Å². The minimum atomic E-state index is -0.656. The predicted molar refractivity (Wildman–Crippen MR) is 92.5 cm³/mol. The smallest absolute Gasteiger partial charge is 0.173 e. The van der Waals surface area contributed by atoms with Crippen molar-refractivity contribution in [3.05, 3.63) is 46.6 Å². The van der Waals surface area contributed by atoms with E-state index in [9.17, 15) is 8.78 Å². The zero-order valence-corrected chi connectivity index (χ0v) is 14.3. The number of nitrogens with one attached hydrogen (secondary N) is 2. The molecule has 0 aliphatic rings. The highest BCUT2D eigenvalue weighted by atomic mass is 35.5. The quantitative estimate of drug-likeness (QED) is 0.758. The van der Waals surface area contributed by atoms with Crippen LogP contribution in [-0.4, -0.2) is 28.5 Å². The second-order valence-corrected chi connectivity index (χ2v) is 5.47. The summed E-state index contributed by atoms with van der Waals surface area (Å²) in [5, 5.41) is 13.6. The molecule has 24 heavy (non-hydrogen) atoms. The zero-order chi connectivity index (χ0) is 17.5. The Morgan fingerprint density at radius 3 is 2.67 bits per heavy atom. The van der Waals surface area contributed by atoms with Crippen LogP contribution in [0.25, 0.3) is 0 Å². The highest BCUT2D eigenvalue weighted by Gasteiger charge is 2.12. The van der Waals surface area contributed by atoms with Gasteiger partial charge in [0.2, 0.25) is 0 Å². The third-order valence-electron chi connectivity index (χ3n) is 2.99. The Morgan fingerprint density at radius 1 is 1.33 bits per heavy atom. The van der Waals surface area contributed by atoms with Crippen LogP contribution in [-0.2, 0) is 6.42 Å². The molecule has 0 saturated heterocycles. The summed E-state index contributed by atoms with van der Waals surface area (Å²) in [7, 11) is 0. The molecule has 0 aliphatic heterocycles. The van der Waals surface area contributed by atoms with Gasteiger partial charge in [-0.1, -0.05) is 11.6 Å². The summed E-state index contributed by atoms with van der Waals surface area (Å²) < 4.78 is 32.9. The summed E-state index contributed by atoms with van der Waals surface area (Å²) in [5.41, 5.74) is -0.0358. The molecular weight excluding hydrogens is 358 g/mol. The first kappa shape index (κ1) is 18.3. The molecule has 0 amide bonds. The number of aromatic nitrogens is 2. The first-order valence-corrected chi connectivity index (χ1v) is 7.92. The van der Waals surface area contributed by atoms with Crippen molar-refractivity contribution in [1.29, 1.82) is 0 Å². The zero-order valence-electron chi connectivity index (χ0n) is 12.8. The van der Waals surface area contributed by atoms with Gasteiger partial charge >= 0.3 is 0 Å². The van der Waals surface area contributed by atoms with Crippen molar-refractivity contribution < 1.29 is 13.5 Å². The van der Waals surface area contributed by atoms with Crippen LogP contribution >= 0.6 is 23.8 Å². The van der Waals surface area contributed by atoms with Gasteiger partial charge in [-0.15, -0.1) is 5.10 Å². The van der Waals surface area contributed by atoms with Crippen molar-refractivity contribution in [3.8, 4) is 5.75 Å². The SMILES string of the molecule is CCOc1cc(F)c(CCNC(=S)Nc2nnccc2Cl)c(F)c1. The summed E-state index contributed by atoms with van der Waals surface area (Å²) >= 11 is 11.0. The molecular formula is C15H15ClF2N4OS. The Bertz CT molecular complexity index is 709. The maximum absolute atomic E-state index is 13.9. The van der Waals surface area contributed by atoms with Crippen LogP contribution < -0.4 is 15.4 Å². The van der Waals surface area contributed by atoms with Crippen molar-refractivity contribution in [2.45, 2.75) is 13.3 Å². The van der Waals surface area contributed by atoms with E-state index in [0.29, 0.717) is 17.4 Å². The maximum atomic E-state index is 13.9. The molecule has 0 aliphatic carbocycles. The maximum Gasteiger partial charge on any atom is 0.173 e. The van der Waals surface area contributed by atoms with E-state index in [0.717, 1.165) is 12.1 Å². The molecule has 2 N–H and O–H groups in total. The number of ether oxygens (including phenoxy) is 1. The van der Waals surface area contributed by atoms with Crippen LogP contribution in [0.15, 0.2) is 24.4 Å². The molecule has 2 rings (SSSR count). The molecule has 0 bridgehead atoms. The molecule has 0 atom stereocenters. The van der Waals surface area contributed by atoms with Gasteiger partial charge in [-0.3, -0.25) is 0 Å². The van der Waals surface area contributed by atoms with Crippen molar-refractivity contribution in [1.82, 2.24) is 15.5 Å². The van der Waals surface area contributed by atoms with E-state index in [2.05, 4.69) is 20.8 Å². The van der Waals surface area contributed by atoms with Gasteiger partial charge in [0.1, 0.15) is 17.4 Å². The van der Waals surface area contributed by atoms with E-state index in [4.69, 9.17) is 28.6 Å². The van der Waals surface area contributed by atoms with Crippen LogP contribution in [0.2, 0.25) is 5.02 Å². The number of thiocarbonyl (C=S) groups is 1. The summed E-state index contributed by atoms with van der Waals surface area (Å²) in [4.78, 5) is 0. The van der Waals surface area contributed by atoms with Crippen LogP contribution in [0, 0.1) is 11.6 Å². The average Bonchev–Trinajstić information content (AvgIpc) is 2.52. The van der Waals surface area contributed by atoms with Crippen molar-refractivity contribution >= 4 is 34.7 Å². The lowest BCUT2D eigenvalue weighted by Crippen LogP contribution is -2.31. The van der Waals surface area contributed by atoms with Crippen LogP contribution in [0.1, 0.15) is 12.5 Å². The van der Waals surface area contributed by atoms with Gasteiger partial charge in [0.25, 0.3) is 0 Å². The first-order valence-electron chi connectivity index (χ1n) is 7.14. The Morgan fingerprint density at radius 2 is 2.04 bits per heavy atom. The molecule has 2 aromatic rings. The minimum absolute atomic E-state index is 0.0358. The monoisotopic (exact) mass is 372 g/mol. The van der Waals surface area contributed by atoms with E-state index < -0.39 is 11.6 Å². The molecule has 0 radical (unpaired) electrons. The molecule has 0 saturated carbocycles. The number of anilines is 1. The van der Waals surface area contributed by atoms with Crippen LogP contribution in [0.3, 0.4) is 0 Å². The number of hydrogen-bond donors (Lipinski definition) is 2. The Hall–Kier alpha value is -2.06. The first-order chi connectivity index (χ1) is 11.5. The largest absolute Gasteiger partial charge is 0.494 e. The second kappa shape index (κ2) is 8.70. The topological polar surface area (TPSA) is 59.1 Å². The molecule has 1 aromatic heterocycles. The number of hydrogen-bond acceptors (Lipinski definition) is 4. The number of rotatable bonds is 6. The van der Waals surface area contributed by atoms with E-state index >= 15 is 0 Å². The predicted octanol–water partition coefficient (Wildman–Crippen LogP) is 3.34. The van der Waals surface area contributed by atoms with Crippen molar-refractivity contribution in [2.24, 2.45) is 0 Å². The lowest BCUT2D eigenvalue weighted by atomic mass is 10.1. The van der Waals surface area contributed by atoms with Crippen LogP contribution in [0.5, 0.6) is 5.75 Å². The van der Waals surface area contributed by atoms with Gasteiger partial charge in [-0.05, 0) is 31.6 Å². The van der Waals surface area contributed by atoms with Gasteiger partial charge in [-0.2, -0.15) is 5.10 Å². The molecule has 1 aromatic carbocycles. The summed E-state index contributed by atoms with van der Waals surface area (Å²) in [6.45, 7) is 2.31. The van der Waals surface area contributed by atoms with Crippen LogP contribution in [0.4, 0.5) is 14.6 Å². The lowest BCUT2D eigenvalue weighted by molar-refractivity contribution is 0.335. The van der Waals surface area contributed by atoms with Gasteiger partial charge in [-0.25, -0.2) is 8.78 Å². The summed E-state index contributed by atoms with van der Waals surface area (Å²) in [5.74, 6) is -0.846. The van der Waals surface area contributed by atoms with Gasteiger partial charge in [0.15, 0.2) is 10.9 Å². The molecule has 0 unspecified atom stereocenters. The molecule has 1 heterocycles. The van der Waals surface area contributed by atoms with Gasteiger partial charge in [0, 0.05) is 24.2 Å². The van der Waals surface area contributed by atoms with Gasteiger partial charge < -0.3 is 15.4 Å². The molecule has 0 fully saturated rings. The fraction of sp³-hybridized carbons (Fsp3) is 0.267. The van der Waals surface area contributed by atoms with Crippen molar-refractivity contribution in [2.75, 3.05) is 18.5 Å². The average molecular weight is 373 g/mol. The lowest BCUT2D eigenvalue weighted by Gasteiger charge is -2.12. The number of benzene rings is 1. The number of nitrogens with zero attached hydrogens (tertiary/aromatic N) is 2. The Balaban J connectivity index is 1.90. The Labute approximate surface area is 148 Å². The summed E-state index contributed by atoms with van der Waals surface area (Å²) in [6, 6.07) is 3.89. The number of halogens is 3. The normalized spacial score (nSPS) is 10.3. The third kappa shape index (κ3) is 4.97. The van der Waals surface area contributed by atoms with E-state index in [1.807, 2.05) is 0 Å². The second-order valence-electron chi connectivity index (χ2n) is 4.66. The molecule has 128 valence electrons. The third-order valence-corrected chi connectivity index (χ3v) is 3.54. The molecule has 9 heteroatoms. The fourth-order valence-corrected chi connectivity index (χ4v) is 2.26. The standard InChI is InChI=1S/C15H15ClF2N4OS/c1-2-23-9-7-12(17)10(13(18)8-9)3-5-19-15(24)21-14-11(16)4-6-20-22-14/h4,6-8H,2-3,5H2,1H3,(H2,19,21,22,24). The highest BCUT2D eigenvalue weighted by molar-refractivity contribution is 7.80. The molecule has 0 spiro atoms. The van der Waals surface area contributed by atoms with Gasteiger partial charge in [0.05, 0.1) is 17.8 Å². The fourth-order valence-electron chi connectivity index (χ4n) is 1.92. The van der Waals surface area contributed by atoms with Crippen molar-refractivity contribution in [3.63, 3.8) is 0 Å². The summed E-state index contributed by atoms with van der Waals surface area (Å²) in [6.07, 6.45) is 1.56. The minimum Gasteiger partial charge on any atom is -0.494 e. The Kier molecular flexibility index (Phi) is 6.62. The molecule has 5 nitrogen and oxygen atoms in total. The van der Waals surface area contributed by atoms with E-state index in [1.54, 1.807) is 13.0 Å². The highest BCUT2D eigenvalue weighted by Crippen LogP contribution is 2.21. The van der Waals surface area contributed by atoms with E-state index in [1.165, 1.54) is 6.20 Å².